The summed E-state index contributed by atoms with van der Waals surface area (Å²) < 4.78 is 39.0. The topological polar surface area (TPSA) is 30.0 Å². The Labute approximate surface area is 373 Å². The fourth-order valence-corrected chi connectivity index (χ4v) is 11.8. The van der Waals surface area contributed by atoms with Gasteiger partial charge in [0.05, 0.1) is 15.8 Å². The van der Waals surface area contributed by atoms with E-state index < -0.39 is 23.1 Å². The number of ketones is 1. The van der Waals surface area contributed by atoms with Crippen molar-refractivity contribution >= 4 is 71.5 Å². The van der Waals surface area contributed by atoms with E-state index in [1.165, 1.54) is 31.8 Å². The first-order valence-corrected chi connectivity index (χ1v) is 22.6. The van der Waals surface area contributed by atoms with Crippen LogP contribution in [0.15, 0.2) is 249 Å². The smallest absolute Gasteiger partial charge is 0.418 e. The van der Waals surface area contributed by atoms with Crippen LogP contribution in [0, 0.1) is 0 Å². The Kier molecular flexibility index (Phi) is 18.6. The molecule has 0 fully saturated rings. The molecule has 9 rings (SSSR count). The van der Waals surface area contributed by atoms with Crippen molar-refractivity contribution in [2.75, 3.05) is 0 Å². The van der Waals surface area contributed by atoms with Crippen molar-refractivity contribution in [3.8, 4) is 0 Å². The second-order valence-electron chi connectivity index (χ2n) is 13.5. The average molecular weight is 910 g/mol. The maximum atomic E-state index is 12.4. The quantitative estimate of drug-likeness (QED) is 0.0658. The summed E-state index contributed by atoms with van der Waals surface area (Å²) in [5.74, 6) is -0.0348. The van der Waals surface area contributed by atoms with Crippen molar-refractivity contribution in [3.63, 3.8) is 0 Å². The minimum Gasteiger partial charge on any atom is -0.418 e. The first-order valence-electron chi connectivity index (χ1n) is 19.6. The van der Waals surface area contributed by atoms with Gasteiger partial charge in [-0.3, -0.25) is 9.78 Å². The van der Waals surface area contributed by atoms with Gasteiger partial charge in [-0.25, -0.2) is 0 Å². The summed E-state index contributed by atoms with van der Waals surface area (Å²) in [6.07, 6.45) is 1.68. The molecule has 0 amide bonds. The number of hydrogen-bond acceptors (Lipinski definition) is 2. The Balaban J connectivity index is 0.000000165. The van der Waals surface area contributed by atoms with Gasteiger partial charge in [-0.2, -0.15) is 0 Å². The van der Waals surface area contributed by atoms with Gasteiger partial charge in [-0.15, -0.1) is 0 Å². The molecule has 0 atom stereocenters. The summed E-state index contributed by atoms with van der Waals surface area (Å²) in [7, 11) is -7.75. The van der Waals surface area contributed by atoms with E-state index in [1.807, 2.05) is 60.7 Å². The molecule has 0 aliphatic carbocycles. The van der Waals surface area contributed by atoms with Crippen molar-refractivity contribution in [1.29, 1.82) is 0 Å². The number of benzene rings is 8. The van der Waals surface area contributed by atoms with Gasteiger partial charge in [-0.05, 0) is 84.2 Å². The van der Waals surface area contributed by atoms with E-state index in [9.17, 15) is 22.1 Å². The van der Waals surface area contributed by atoms with Gasteiger partial charge in [0.15, 0.2) is 0 Å². The number of carbonyl (C=O) groups is 1. The zero-order valence-electron chi connectivity index (χ0n) is 33.4. The Morgan fingerprint density at radius 1 is 0.371 bits per heavy atom. The number of carbonyl (C=O) groups excluding carboxylic acids is 1. The monoisotopic (exact) mass is 909 g/mol. The SMILES string of the molecule is F[B-](F)(F)F.O=C(c1ccccc1)c1nccc2ccccc12.[Cu+].c1ccc([PH+](c2ccccc2)c2ccccc2)cc1.c1ccc([PH+](c2ccccc2)c2ccccc2)cc1. The molecule has 1 heterocycles. The first kappa shape index (κ1) is 47.1. The fourth-order valence-electron chi connectivity index (χ4n) is 6.66. The molecular formula is C52H43BCuF4NOP2+2. The molecule has 2 nitrogen and oxygen atoms in total. The van der Waals surface area contributed by atoms with Crippen LogP contribution in [0.5, 0.6) is 0 Å². The zero-order valence-corrected chi connectivity index (χ0v) is 36.4. The molecule has 0 aliphatic heterocycles. The first-order chi connectivity index (χ1) is 29.8. The number of rotatable bonds is 8. The third-order valence-electron chi connectivity index (χ3n) is 9.30. The second kappa shape index (κ2) is 24.4. The van der Waals surface area contributed by atoms with E-state index in [1.54, 1.807) is 6.20 Å². The maximum absolute atomic E-state index is 12.4. The molecule has 0 radical (unpaired) electrons. The summed E-state index contributed by atoms with van der Waals surface area (Å²) in [6, 6.07) is 83.9. The Morgan fingerprint density at radius 2 is 0.629 bits per heavy atom. The van der Waals surface area contributed by atoms with Gasteiger partial charge < -0.3 is 17.3 Å². The van der Waals surface area contributed by atoms with E-state index in [0.717, 1.165) is 10.8 Å². The van der Waals surface area contributed by atoms with E-state index in [4.69, 9.17) is 0 Å². The summed E-state index contributed by atoms with van der Waals surface area (Å²) in [4.78, 5) is 16.6. The summed E-state index contributed by atoms with van der Waals surface area (Å²) in [5.41, 5.74) is 1.18. The van der Waals surface area contributed by atoms with Gasteiger partial charge in [0.25, 0.3) is 0 Å². The number of nitrogens with zero attached hydrogens (tertiary/aromatic N) is 1. The molecule has 8 aromatic carbocycles. The van der Waals surface area contributed by atoms with Crippen molar-refractivity contribution in [1.82, 2.24) is 4.98 Å². The molecule has 0 unspecified atom stereocenters. The van der Waals surface area contributed by atoms with E-state index in [0.29, 0.717) is 11.3 Å². The van der Waals surface area contributed by atoms with Gasteiger partial charge in [0.2, 0.25) is 5.78 Å². The van der Waals surface area contributed by atoms with Crippen molar-refractivity contribution in [2.45, 2.75) is 0 Å². The minimum absolute atomic E-state index is 0. The molecule has 0 saturated carbocycles. The molecule has 9 aromatic rings. The largest absolute Gasteiger partial charge is 1.00 e. The normalized spacial score (nSPS) is 10.5. The van der Waals surface area contributed by atoms with E-state index in [2.05, 4.69) is 187 Å². The van der Waals surface area contributed by atoms with Crippen LogP contribution in [-0.4, -0.2) is 18.0 Å². The predicted octanol–water partition coefficient (Wildman–Crippen LogP) is 11.1. The third kappa shape index (κ3) is 14.3. The van der Waals surface area contributed by atoms with Crippen molar-refractivity contribution in [2.24, 2.45) is 0 Å². The second-order valence-corrected chi connectivity index (χ2v) is 18.5. The average Bonchev–Trinajstić information content (AvgIpc) is 3.31. The van der Waals surface area contributed by atoms with Crippen molar-refractivity contribution in [3.05, 3.63) is 260 Å². The van der Waals surface area contributed by atoms with Gasteiger partial charge in [-0.1, -0.05) is 164 Å². The molecular weight excluding hydrogens is 867 g/mol. The van der Waals surface area contributed by atoms with Crippen LogP contribution in [-0.2, 0) is 17.1 Å². The zero-order chi connectivity index (χ0) is 42.7. The summed E-state index contributed by atoms with van der Waals surface area (Å²) in [5, 5.41) is 10.5. The van der Waals surface area contributed by atoms with Gasteiger partial charge in [0, 0.05) is 17.1 Å². The predicted molar refractivity (Wildman–Crippen MR) is 255 cm³/mol. The van der Waals surface area contributed by atoms with E-state index >= 15 is 0 Å². The molecule has 0 N–H and O–H groups in total. The molecule has 1 aromatic heterocycles. The molecule has 0 bridgehead atoms. The number of fused-ring (bicyclic) bond motifs is 1. The van der Waals surface area contributed by atoms with Gasteiger partial charge >= 0.3 is 24.3 Å². The number of halogens is 4. The van der Waals surface area contributed by atoms with Crippen molar-refractivity contribution < 1.29 is 39.1 Å². The third-order valence-corrected chi connectivity index (χ3v) is 14.8. The Hall–Kier alpha value is -6.00. The van der Waals surface area contributed by atoms with Crippen LogP contribution in [0.25, 0.3) is 10.8 Å². The Morgan fingerprint density at radius 3 is 0.935 bits per heavy atom. The molecule has 0 spiro atoms. The standard InChI is InChI=1S/2C18H15P.C16H11NO.BF4.Cu/c2*1-4-10-16(11-5-1)19(17-12-6-2-7-13-17)18-14-8-3-9-15-18;18-16(13-7-2-1-3-8-13)15-14-9-5-4-6-12(14)10-11-17-15;2-1(3,4)5;/h2*1-15H;1-11H;;/q;;;-1;+1/p+2. The molecule has 62 heavy (non-hydrogen) atoms. The number of aromatic nitrogens is 1. The van der Waals surface area contributed by atoms with Crippen LogP contribution in [0.4, 0.5) is 17.3 Å². The van der Waals surface area contributed by atoms with Crippen LogP contribution < -0.4 is 31.8 Å². The fraction of sp³-hybridized carbons (Fsp3) is 0. The minimum atomic E-state index is -6.00. The van der Waals surface area contributed by atoms with E-state index in [-0.39, 0.29) is 22.9 Å². The summed E-state index contributed by atoms with van der Waals surface area (Å²) >= 11 is 0. The molecule has 312 valence electrons. The molecule has 0 saturated heterocycles. The maximum Gasteiger partial charge on any atom is 1.00 e. The van der Waals surface area contributed by atoms with Crippen LogP contribution in [0.3, 0.4) is 0 Å². The molecule has 0 aliphatic rings. The molecule has 10 heteroatoms. The van der Waals surface area contributed by atoms with Gasteiger partial charge in [0.1, 0.15) is 37.5 Å². The number of hydrogen-bond donors (Lipinski definition) is 0. The van der Waals surface area contributed by atoms with Crippen LogP contribution in [0.2, 0.25) is 0 Å². The van der Waals surface area contributed by atoms with Crippen LogP contribution >= 0.6 is 15.8 Å². The Bertz CT molecular complexity index is 2340. The van der Waals surface area contributed by atoms with Crippen LogP contribution in [0.1, 0.15) is 16.1 Å². The summed E-state index contributed by atoms with van der Waals surface area (Å²) in [6.45, 7) is 0. The number of pyridine rings is 1.